The lowest BCUT2D eigenvalue weighted by molar-refractivity contribution is -0.126. The number of aromatic amines is 1. The van der Waals surface area contributed by atoms with Gasteiger partial charge in [0.05, 0.1) is 0 Å². The van der Waals surface area contributed by atoms with Crippen LogP contribution in [0.5, 0.6) is 0 Å². The zero-order valence-corrected chi connectivity index (χ0v) is 14.5. The number of benzene rings is 2. The Hall–Kier alpha value is -2.88. The van der Waals surface area contributed by atoms with Crippen molar-refractivity contribution in [3.63, 3.8) is 0 Å². The average Bonchev–Trinajstić information content (AvgIpc) is 3.10. The predicted molar refractivity (Wildman–Crippen MR) is 102 cm³/mol. The van der Waals surface area contributed by atoms with Crippen LogP contribution < -0.4 is 0 Å². The highest BCUT2D eigenvalue weighted by Crippen LogP contribution is 2.33. The minimum atomic E-state index is -0.292. The van der Waals surface area contributed by atoms with E-state index < -0.39 is 0 Å². The minimum absolute atomic E-state index is 0.00774. The number of carbonyl (C=O) groups excluding carboxylic acids is 1. The molecule has 1 amide bonds. The summed E-state index contributed by atoms with van der Waals surface area (Å²) in [4.78, 5) is 17.6. The number of H-pyrrole nitrogens is 1. The standard InChI is InChI=1S/C22H21FN2O/c23-18-5-3-4-16(14-18)8-9-22(26)25-12-10-17(11-13-25)20-15-24-21-7-2-1-6-19(20)21/h1-9,14-15,17,24H,10-13H2/b9-8+. The number of nitrogens with zero attached hydrogens (tertiary/aromatic N) is 1. The second-order valence-electron chi connectivity index (χ2n) is 6.78. The van der Waals surface area contributed by atoms with Crippen molar-refractivity contribution >= 4 is 22.9 Å². The summed E-state index contributed by atoms with van der Waals surface area (Å²) in [5.74, 6) is 0.174. The van der Waals surface area contributed by atoms with E-state index in [9.17, 15) is 9.18 Å². The second kappa shape index (κ2) is 7.16. The molecule has 3 aromatic rings. The molecule has 2 aromatic carbocycles. The molecule has 132 valence electrons. The zero-order chi connectivity index (χ0) is 17.9. The third-order valence-electron chi connectivity index (χ3n) is 5.13. The number of aromatic nitrogens is 1. The van der Waals surface area contributed by atoms with Crippen LogP contribution in [0.15, 0.2) is 60.8 Å². The van der Waals surface area contributed by atoms with E-state index in [1.54, 1.807) is 24.3 Å². The number of likely N-dealkylation sites (tertiary alicyclic amines) is 1. The van der Waals surface area contributed by atoms with Gasteiger partial charge in [0, 0.05) is 36.3 Å². The second-order valence-corrected chi connectivity index (χ2v) is 6.78. The SMILES string of the molecule is O=C(/C=C/c1cccc(F)c1)N1CCC(c2c[nH]c3ccccc23)CC1. The maximum absolute atomic E-state index is 13.2. The van der Waals surface area contributed by atoms with Crippen molar-refractivity contribution in [2.45, 2.75) is 18.8 Å². The summed E-state index contributed by atoms with van der Waals surface area (Å²) in [6.07, 6.45) is 7.25. The van der Waals surface area contributed by atoms with E-state index in [1.165, 1.54) is 28.6 Å². The fourth-order valence-electron chi connectivity index (χ4n) is 3.73. The van der Waals surface area contributed by atoms with Gasteiger partial charge in [0.15, 0.2) is 0 Å². The number of piperidine rings is 1. The molecule has 1 aliphatic rings. The largest absolute Gasteiger partial charge is 0.361 e. The molecule has 0 unspecified atom stereocenters. The van der Waals surface area contributed by atoms with Crippen molar-refractivity contribution in [1.29, 1.82) is 0 Å². The molecule has 0 bridgehead atoms. The summed E-state index contributed by atoms with van der Waals surface area (Å²) in [6, 6.07) is 14.6. The van der Waals surface area contributed by atoms with E-state index in [2.05, 4.69) is 29.4 Å². The average molecular weight is 348 g/mol. The molecule has 2 heterocycles. The van der Waals surface area contributed by atoms with Gasteiger partial charge in [-0.3, -0.25) is 4.79 Å². The molecule has 26 heavy (non-hydrogen) atoms. The van der Waals surface area contributed by atoms with E-state index in [1.807, 2.05) is 11.0 Å². The molecular formula is C22H21FN2O. The molecule has 0 radical (unpaired) electrons. The number of carbonyl (C=O) groups is 1. The van der Waals surface area contributed by atoms with E-state index in [-0.39, 0.29) is 11.7 Å². The highest BCUT2D eigenvalue weighted by atomic mass is 19.1. The summed E-state index contributed by atoms with van der Waals surface area (Å²) >= 11 is 0. The Balaban J connectivity index is 1.39. The quantitative estimate of drug-likeness (QED) is 0.683. The number of hydrogen-bond acceptors (Lipinski definition) is 1. The van der Waals surface area contributed by atoms with Gasteiger partial charge in [-0.15, -0.1) is 0 Å². The lowest BCUT2D eigenvalue weighted by atomic mass is 9.89. The Labute approximate surface area is 152 Å². The predicted octanol–water partition coefficient (Wildman–Crippen LogP) is 4.73. The molecule has 0 spiro atoms. The number of hydrogen-bond donors (Lipinski definition) is 1. The van der Waals surface area contributed by atoms with Gasteiger partial charge in [0.2, 0.25) is 5.91 Å². The lowest BCUT2D eigenvalue weighted by Gasteiger charge is -2.31. The molecular weight excluding hydrogens is 327 g/mol. The highest BCUT2D eigenvalue weighted by Gasteiger charge is 2.24. The van der Waals surface area contributed by atoms with E-state index in [4.69, 9.17) is 0 Å². The fraction of sp³-hybridized carbons (Fsp3) is 0.227. The molecule has 0 aliphatic carbocycles. The first-order valence-corrected chi connectivity index (χ1v) is 8.99. The molecule has 0 atom stereocenters. The number of amides is 1. The van der Waals surface area contributed by atoms with E-state index in [0.29, 0.717) is 11.5 Å². The van der Waals surface area contributed by atoms with Crippen LogP contribution in [0, 0.1) is 5.82 Å². The van der Waals surface area contributed by atoms with Gasteiger partial charge < -0.3 is 9.88 Å². The van der Waals surface area contributed by atoms with Gasteiger partial charge in [0.25, 0.3) is 0 Å². The first-order valence-electron chi connectivity index (χ1n) is 8.99. The minimum Gasteiger partial charge on any atom is -0.361 e. The van der Waals surface area contributed by atoms with Gasteiger partial charge in [-0.2, -0.15) is 0 Å². The molecule has 1 saturated heterocycles. The van der Waals surface area contributed by atoms with Crippen molar-refractivity contribution in [3.8, 4) is 0 Å². The van der Waals surface area contributed by atoms with Crippen molar-refractivity contribution in [3.05, 3.63) is 77.7 Å². The van der Waals surface area contributed by atoms with Crippen molar-refractivity contribution in [2.24, 2.45) is 0 Å². The topological polar surface area (TPSA) is 36.1 Å². The third-order valence-corrected chi connectivity index (χ3v) is 5.13. The summed E-state index contributed by atoms with van der Waals surface area (Å²) < 4.78 is 13.2. The van der Waals surface area contributed by atoms with Crippen LogP contribution in [-0.2, 0) is 4.79 Å². The Kier molecular flexibility index (Phi) is 4.57. The molecule has 1 aliphatic heterocycles. The molecule has 1 aromatic heterocycles. The molecule has 1 fully saturated rings. The van der Waals surface area contributed by atoms with Gasteiger partial charge in [0.1, 0.15) is 5.82 Å². The van der Waals surface area contributed by atoms with Gasteiger partial charge >= 0.3 is 0 Å². The van der Waals surface area contributed by atoms with Crippen LogP contribution in [0.25, 0.3) is 17.0 Å². The van der Waals surface area contributed by atoms with Crippen LogP contribution in [0.2, 0.25) is 0 Å². The first kappa shape index (κ1) is 16.6. The van der Waals surface area contributed by atoms with Crippen molar-refractivity contribution < 1.29 is 9.18 Å². The van der Waals surface area contributed by atoms with Gasteiger partial charge in [-0.1, -0.05) is 30.3 Å². The number of rotatable bonds is 3. The monoisotopic (exact) mass is 348 g/mol. The van der Waals surface area contributed by atoms with E-state index in [0.717, 1.165) is 25.9 Å². The maximum atomic E-state index is 13.2. The summed E-state index contributed by atoms with van der Waals surface area (Å²) in [5, 5.41) is 1.28. The summed E-state index contributed by atoms with van der Waals surface area (Å²) in [6.45, 7) is 1.49. The molecule has 4 heteroatoms. The number of para-hydroxylation sites is 1. The lowest BCUT2D eigenvalue weighted by Crippen LogP contribution is -2.36. The Morgan fingerprint density at radius 1 is 1.12 bits per heavy atom. The van der Waals surface area contributed by atoms with Gasteiger partial charge in [-0.05, 0) is 54.2 Å². The summed E-state index contributed by atoms with van der Waals surface area (Å²) in [5.41, 5.74) is 3.22. The summed E-state index contributed by atoms with van der Waals surface area (Å²) in [7, 11) is 0. The van der Waals surface area contributed by atoms with Crippen molar-refractivity contribution in [2.75, 3.05) is 13.1 Å². The van der Waals surface area contributed by atoms with Crippen LogP contribution in [-0.4, -0.2) is 28.9 Å². The van der Waals surface area contributed by atoms with Crippen LogP contribution in [0.3, 0.4) is 0 Å². The Morgan fingerprint density at radius 3 is 2.73 bits per heavy atom. The van der Waals surface area contributed by atoms with Crippen LogP contribution in [0.4, 0.5) is 4.39 Å². The number of fused-ring (bicyclic) bond motifs is 1. The molecule has 0 saturated carbocycles. The normalized spacial score (nSPS) is 15.8. The number of nitrogens with one attached hydrogen (secondary N) is 1. The fourth-order valence-corrected chi connectivity index (χ4v) is 3.73. The Morgan fingerprint density at radius 2 is 1.92 bits per heavy atom. The highest BCUT2D eigenvalue weighted by molar-refractivity contribution is 5.92. The zero-order valence-electron chi connectivity index (χ0n) is 14.5. The Bertz CT molecular complexity index is 951. The van der Waals surface area contributed by atoms with Crippen LogP contribution >= 0.6 is 0 Å². The smallest absolute Gasteiger partial charge is 0.246 e. The van der Waals surface area contributed by atoms with E-state index >= 15 is 0 Å². The molecule has 1 N–H and O–H groups in total. The maximum Gasteiger partial charge on any atom is 0.246 e. The number of halogens is 1. The molecule has 4 rings (SSSR count). The van der Waals surface area contributed by atoms with Gasteiger partial charge in [-0.25, -0.2) is 4.39 Å². The third kappa shape index (κ3) is 3.40. The van der Waals surface area contributed by atoms with Crippen LogP contribution in [0.1, 0.15) is 29.9 Å². The first-order chi connectivity index (χ1) is 12.7. The molecule has 3 nitrogen and oxygen atoms in total. The van der Waals surface area contributed by atoms with Crippen molar-refractivity contribution in [1.82, 2.24) is 9.88 Å².